The molecule has 0 radical (unpaired) electrons. The van der Waals surface area contributed by atoms with E-state index < -0.39 is 10.0 Å². The lowest BCUT2D eigenvalue weighted by atomic mass is 10.3. The van der Waals surface area contributed by atoms with E-state index >= 15 is 0 Å². The van der Waals surface area contributed by atoms with Crippen LogP contribution in [0, 0.1) is 13.8 Å². The fraction of sp³-hybridized carbons (Fsp3) is 0.375. The molecule has 0 saturated carbocycles. The van der Waals surface area contributed by atoms with E-state index in [9.17, 15) is 8.42 Å². The van der Waals surface area contributed by atoms with Gasteiger partial charge in [0.05, 0.1) is 19.1 Å². The summed E-state index contributed by atoms with van der Waals surface area (Å²) in [5.41, 5.74) is 2.21. The van der Waals surface area contributed by atoms with Crippen LogP contribution >= 0.6 is 0 Å². The Hall–Kier alpha value is -1.99. The molecule has 0 amide bonds. The summed E-state index contributed by atoms with van der Waals surface area (Å²) in [7, 11) is -0.618. The first-order valence-corrected chi connectivity index (χ1v) is 8.72. The normalized spacial score (nSPS) is 11.5. The molecule has 0 aliphatic rings. The number of nitrogens with zero attached hydrogens (tertiary/aromatic N) is 1. The van der Waals surface area contributed by atoms with Gasteiger partial charge in [0.15, 0.2) is 11.5 Å². The van der Waals surface area contributed by atoms with Crippen LogP contribution in [0.3, 0.4) is 0 Å². The van der Waals surface area contributed by atoms with Gasteiger partial charge in [-0.25, -0.2) is 13.1 Å². The van der Waals surface area contributed by atoms with Crippen LogP contribution in [-0.2, 0) is 16.6 Å². The van der Waals surface area contributed by atoms with Gasteiger partial charge in [0.25, 0.3) is 0 Å². The predicted octanol–water partition coefficient (Wildman–Crippen LogP) is 2.10. The molecule has 0 aliphatic carbocycles. The largest absolute Gasteiger partial charge is 0.493 e. The van der Waals surface area contributed by atoms with E-state index in [1.165, 1.54) is 26.4 Å². The maximum Gasteiger partial charge on any atom is 0.240 e. The van der Waals surface area contributed by atoms with Gasteiger partial charge in [-0.2, -0.15) is 0 Å². The second-order valence-corrected chi connectivity index (χ2v) is 6.95. The average molecular weight is 338 g/mol. The SMILES string of the molecule is COc1ccc(S(=O)(=O)NCCn2c(C)ccc2C)cc1OC. The maximum atomic E-state index is 12.4. The molecule has 1 aromatic heterocycles. The van der Waals surface area contributed by atoms with Gasteiger partial charge < -0.3 is 14.0 Å². The number of ether oxygens (including phenoxy) is 2. The van der Waals surface area contributed by atoms with Gasteiger partial charge in [-0.05, 0) is 38.1 Å². The summed E-state index contributed by atoms with van der Waals surface area (Å²) >= 11 is 0. The van der Waals surface area contributed by atoms with Crippen molar-refractivity contribution in [3.63, 3.8) is 0 Å². The molecule has 0 fully saturated rings. The summed E-state index contributed by atoms with van der Waals surface area (Å²) in [5.74, 6) is 0.873. The molecule has 0 bridgehead atoms. The number of nitrogens with one attached hydrogen (secondary N) is 1. The van der Waals surface area contributed by atoms with Crippen molar-refractivity contribution in [3.05, 3.63) is 41.7 Å². The highest BCUT2D eigenvalue weighted by molar-refractivity contribution is 7.89. The molecule has 0 aliphatic heterocycles. The lowest BCUT2D eigenvalue weighted by molar-refractivity contribution is 0.354. The third kappa shape index (κ3) is 3.86. The summed E-state index contributed by atoms with van der Waals surface area (Å²) < 4.78 is 39.7. The number of sulfonamides is 1. The van der Waals surface area contributed by atoms with Crippen molar-refractivity contribution in [2.45, 2.75) is 25.3 Å². The predicted molar refractivity (Wildman–Crippen MR) is 88.6 cm³/mol. The number of hydrogen-bond donors (Lipinski definition) is 1. The van der Waals surface area contributed by atoms with Crippen LogP contribution in [0.4, 0.5) is 0 Å². The molecule has 0 unspecified atom stereocenters. The van der Waals surface area contributed by atoms with Crippen LogP contribution in [-0.4, -0.2) is 33.7 Å². The van der Waals surface area contributed by atoms with Crippen molar-refractivity contribution in [1.82, 2.24) is 9.29 Å². The molecule has 126 valence electrons. The minimum atomic E-state index is -3.60. The fourth-order valence-corrected chi connectivity index (χ4v) is 3.45. The molecule has 23 heavy (non-hydrogen) atoms. The van der Waals surface area contributed by atoms with Gasteiger partial charge in [-0.3, -0.25) is 0 Å². The highest BCUT2D eigenvalue weighted by atomic mass is 32.2. The molecule has 2 rings (SSSR count). The third-order valence-corrected chi connectivity index (χ3v) is 5.17. The third-order valence-electron chi connectivity index (χ3n) is 3.71. The standard InChI is InChI=1S/C16H22N2O4S/c1-12-5-6-13(2)18(12)10-9-17-23(19,20)14-7-8-15(21-3)16(11-14)22-4/h5-8,11,17H,9-10H2,1-4H3. The molecule has 0 saturated heterocycles. The van der Waals surface area contributed by atoms with Gasteiger partial charge >= 0.3 is 0 Å². The Morgan fingerprint density at radius 1 is 1.00 bits per heavy atom. The van der Waals surface area contributed by atoms with Crippen molar-refractivity contribution in [3.8, 4) is 11.5 Å². The molecule has 1 aromatic carbocycles. The number of aryl methyl sites for hydroxylation is 2. The van der Waals surface area contributed by atoms with Crippen LogP contribution < -0.4 is 14.2 Å². The zero-order valence-corrected chi connectivity index (χ0v) is 14.6. The van der Waals surface area contributed by atoms with Crippen LogP contribution in [0.25, 0.3) is 0 Å². The van der Waals surface area contributed by atoms with E-state index in [4.69, 9.17) is 9.47 Å². The van der Waals surface area contributed by atoms with Crippen molar-refractivity contribution in [2.24, 2.45) is 0 Å². The zero-order valence-electron chi connectivity index (χ0n) is 13.8. The van der Waals surface area contributed by atoms with E-state index in [2.05, 4.69) is 9.29 Å². The molecular formula is C16H22N2O4S. The molecule has 0 spiro atoms. The Balaban J connectivity index is 2.10. The van der Waals surface area contributed by atoms with Gasteiger partial charge in [-0.15, -0.1) is 0 Å². The van der Waals surface area contributed by atoms with Crippen LogP contribution in [0.15, 0.2) is 35.2 Å². The summed E-state index contributed by atoms with van der Waals surface area (Å²) in [5, 5.41) is 0. The Labute approximate surface area is 137 Å². The molecule has 6 nitrogen and oxygen atoms in total. The highest BCUT2D eigenvalue weighted by Gasteiger charge is 2.16. The monoisotopic (exact) mass is 338 g/mol. The van der Waals surface area contributed by atoms with E-state index in [1.807, 2.05) is 26.0 Å². The smallest absolute Gasteiger partial charge is 0.240 e. The quantitative estimate of drug-likeness (QED) is 0.839. The Morgan fingerprint density at radius 2 is 1.61 bits per heavy atom. The summed E-state index contributed by atoms with van der Waals surface area (Å²) in [6.07, 6.45) is 0. The van der Waals surface area contributed by atoms with E-state index in [1.54, 1.807) is 6.07 Å². The van der Waals surface area contributed by atoms with E-state index in [0.29, 0.717) is 24.6 Å². The first kappa shape index (κ1) is 17.4. The van der Waals surface area contributed by atoms with Crippen molar-refractivity contribution < 1.29 is 17.9 Å². The van der Waals surface area contributed by atoms with Gasteiger partial charge in [-0.1, -0.05) is 0 Å². The molecular weight excluding hydrogens is 316 g/mol. The second-order valence-electron chi connectivity index (χ2n) is 5.18. The second kappa shape index (κ2) is 7.06. The number of benzene rings is 1. The number of methoxy groups -OCH3 is 2. The van der Waals surface area contributed by atoms with E-state index in [0.717, 1.165) is 11.4 Å². The molecule has 0 atom stereocenters. The Kier molecular flexibility index (Phi) is 5.33. The minimum Gasteiger partial charge on any atom is -0.493 e. The first-order chi connectivity index (χ1) is 10.9. The molecule has 1 heterocycles. The Morgan fingerprint density at radius 3 is 2.17 bits per heavy atom. The van der Waals surface area contributed by atoms with Gasteiger partial charge in [0.2, 0.25) is 10.0 Å². The maximum absolute atomic E-state index is 12.4. The van der Waals surface area contributed by atoms with E-state index in [-0.39, 0.29) is 4.90 Å². The highest BCUT2D eigenvalue weighted by Crippen LogP contribution is 2.29. The summed E-state index contributed by atoms with van der Waals surface area (Å²) in [6, 6.07) is 8.55. The van der Waals surface area contributed by atoms with Gasteiger partial charge in [0.1, 0.15) is 0 Å². The lowest BCUT2D eigenvalue weighted by Crippen LogP contribution is -2.28. The number of aromatic nitrogens is 1. The topological polar surface area (TPSA) is 69.6 Å². The van der Waals surface area contributed by atoms with Crippen LogP contribution in [0.2, 0.25) is 0 Å². The van der Waals surface area contributed by atoms with Crippen molar-refractivity contribution >= 4 is 10.0 Å². The average Bonchev–Trinajstić information content (AvgIpc) is 2.85. The number of rotatable bonds is 7. The lowest BCUT2D eigenvalue weighted by Gasteiger charge is -2.12. The Bertz CT molecular complexity index is 762. The number of hydrogen-bond acceptors (Lipinski definition) is 4. The fourth-order valence-electron chi connectivity index (χ4n) is 2.41. The molecule has 1 N–H and O–H groups in total. The summed E-state index contributed by atoms with van der Waals surface area (Å²) in [6.45, 7) is 4.88. The van der Waals surface area contributed by atoms with Crippen molar-refractivity contribution in [2.75, 3.05) is 20.8 Å². The first-order valence-electron chi connectivity index (χ1n) is 7.23. The van der Waals surface area contributed by atoms with Crippen LogP contribution in [0.1, 0.15) is 11.4 Å². The molecule has 7 heteroatoms. The summed E-state index contributed by atoms with van der Waals surface area (Å²) in [4.78, 5) is 0.149. The minimum absolute atomic E-state index is 0.149. The van der Waals surface area contributed by atoms with Crippen molar-refractivity contribution in [1.29, 1.82) is 0 Å². The zero-order chi connectivity index (χ0) is 17.0. The van der Waals surface area contributed by atoms with Gasteiger partial charge in [0, 0.05) is 30.5 Å². The molecule has 2 aromatic rings. The van der Waals surface area contributed by atoms with Crippen LogP contribution in [0.5, 0.6) is 11.5 Å².